The molecule has 50 heavy (non-hydrogen) atoms. The molecule has 234 valence electrons. The molecule has 0 aliphatic rings. The lowest BCUT2D eigenvalue weighted by atomic mass is 9.96. The Kier molecular flexibility index (Phi) is 6.75. The molecule has 1 aromatic heterocycles. The fourth-order valence-corrected chi connectivity index (χ4v) is 8.92. The third kappa shape index (κ3) is 4.69. The van der Waals surface area contributed by atoms with Gasteiger partial charge in [-0.15, -0.1) is 11.3 Å². The van der Waals surface area contributed by atoms with Gasteiger partial charge in [-0.25, -0.2) is 0 Å². The van der Waals surface area contributed by atoms with Crippen LogP contribution in [-0.2, 0) is 0 Å². The molecule has 2 heteroatoms. The maximum Gasteiger partial charge on any atom is 0.0540 e. The van der Waals surface area contributed by atoms with Crippen molar-refractivity contribution < 1.29 is 0 Å². The van der Waals surface area contributed by atoms with E-state index in [9.17, 15) is 0 Å². The van der Waals surface area contributed by atoms with Crippen molar-refractivity contribution in [1.82, 2.24) is 0 Å². The number of fused-ring (bicyclic) bond motifs is 8. The van der Waals surface area contributed by atoms with Gasteiger partial charge in [-0.3, -0.25) is 0 Å². The Morgan fingerprint density at radius 3 is 1.80 bits per heavy atom. The van der Waals surface area contributed by atoms with Gasteiger partial charge in [0.05, 0.1) is 5.69 Å². The molecule has 0 aliphatic heterocycles. The van der Waals surface area contributed by atoms with Crippen LogP contribution in [-0.4, -0.2) is 0 Å². The third-order valence-electron chi connectivity index (χ3n) is 10.1. The molecule has 10 aromatic rings. The van der Waals surface area contributed by atoms with Gasteiger partial charge in [-0.05, 0) is 85.4 Å². The molecule has 0 spiro atoms. The molecule has 0 fully saturated rings. The number of hydrogen-bond acceptors (Lipinski definition) is 2. The van der Waals surface area contributed by atoms with Crippen LogP contribution in [0.5, 0.6) is 0 Å². The minimum Gasteiger partial charge on any atom is -0.310 e. The molecule has 0 bridgehead atoms. The number of benzene rings is 9. The first-order chi connectivity index (χ1) is 24.8. The van der Waals surface area contributed by atoms with E-state index in [0.717, 1.165) is 17.1 Å². The standard InChI is InChI=1S/C48H31NS/c1-2-11-32(12-3-1)40-15-6-8-19-46(40)49(37-27-30-39-35(31-37)24-29-42-38-14-5-4-13-33(38)23-28-43(39)42)36-25-21-34(22-26-36)41-17-10-18-45-44-16-7-9-20-47(44)50-48(41)45/h1-31H. The molecule has 0 amide bonds. The normalized spacial score (nSPS) is 11.6. The van der Waals surface area contributed by atoms with Crippen LogP contribution in [0.15, 0.2) is 188 Å². The lowest BCUT2D eigenvalue weighted by molar-refractivity contribution is 1.29. The fourth-order valence-electron chi connectivity index (χ4n) is 7.68. The second kappa shape index (κ2) is 11.7. The lowest BCUT2D eigenvalue weighted by Gasteiger charge is -2.28. The topological polar surface area (TPSA) is 3.24 Å². The SMILES string of the molecule is c1ccc(-c2ccccc2N(c2ccc(-c3cccc4c3sc3ccccc34)cc2)c2ccc3c(ccc4c5ccccc5ccc34)c2)cc1. The second-order valence-electron chi connectivity index (χ2n) is 12.9. The average Bonchev–Trinajstić information content (AvgIpc) is 3.58. The summed E-state index contributed by atoms with van der Waals surface area (Å²) in [6.07, 6.45) is 0. The first kappa shape index (κ1) is 28.8. The molecule has 1 heterocycles. The smallest absolute Gasteiger partial charge is 0.0540 e. The number of rotatable bonds is 5. The lowest BCUT2D eigenvalue weighted by Crippen LogP contribution is -2.11. The summed E-state index contributed by atoms with van der Waals surface area (Å²) in [7, 11) is 0. The van der Waals surface area contributed by atoms with Crippen LogP contribution in [0, 0.1) is 0 Å². The highest BCUT2D eigenvalue weighted by Gasteiger charge is 2.19. The van der Waals surface area contributed by atoms with E-state index in [-0.39, 0.29) is 0 Å². The first-order valence-electron chi connectivity index (χ1n) is 17.1. The largest absolute Gasteiger partial charge is 0.310 e. The first-order valence-corrected chi connectivity index (χ1v) is 17.9. The number of hydrogen-bond donors (Lipinski definition) is 0. The van der Waals surface area contributed by atoms with E-state index >= 15 is 0 Å². The van der Waals surface area contributed by atoms with Crippen molar-refractivity contribution in [2.24, 2.45) is 0 Å². The van der Waals surface area contributed by atoms with Gasteiger partial charge < -0.3 is 4.90 Å². The Morgan fingerprint density at radius 1 is 0.340 bits per heavy atom. The number of para-hydroxylation sites is 1. The maximum atomic E-state index is 2.41. The quantitative estimate of drug-likeness (QED) is 0.167. The monoisotopic (exact) mass is 653 g/mol. The Balaban J connectivity index is 1.14. The summed E-state index contributed by atoms with van der Waals surface area (Å²) in [6.45, 7) is 0. The molecule has 1 nitrogen and oxygen atoms in total. The minimum absolute atomic E-state index is 1.12. The molecule has 9 aromatic carbocycles. The van der Waals surface area contributed by atoms with Crippen molar-refractivity contribution >= 4 is 80.9 Å². The van der Waals surface area contributed by atoms with Gasteiger partial charge >= 0.3 is 0 Å². The summed E-state index contributed by atoms with van der Waals surface area (Å²) in [6, 6.07) is 68.7. The van der Waals surface area contributed by atoms with E-state index in [0.29, 0.717) is 0 Å². The van der Waals surface area contributed by atoms with E-state index in [1.807, 2.05) is 11.3 Å². The minimum atomic E-state index is 1.12. The van der Waals surface area contributed by atoms with Crippen molar-refractivity contribution in [3.8, 4) is 22.3 Å². The van der Waals surface area contributed by atoms with Crippen LogP contribution in [0.25, 0.3) is 74.7 Å². The van der Waals surface area contributed by atoms with Gasteiger partial charge in [0.2, 0.25) is 0 Å². The Bertz CT molecular complexity index is 2870. The molecule has 0 N–H and O–H groups in total. The number of anilines is 3. The average molecular weight is 654 g/mol. The van der Waals surface area contributed by atoms with Crippen molar-refractivity contribution in [2.75, 3.05) is 4.90 Å². The summed E-state index contributed by atoms with van der Waals surface area (Å²) in [5.74, 6) is 0. The third-order valence-corrected chi connectivity index (χ3v) is 11.3. The van der Waals surface area contributed by atoms with Crippen LogP contribution >= 0.6 is 11.3 Å². The van der Waals surface area contributed by atoms with Crippen LogP contribution < -0.4 is 4.90 Å². The van der Waals surface area contributed by atoms with E-state index in [1.165, 1.54) is 74.7 Å². The summed E-state index contributed by atoms with van der Waals surface area (Å²) >= 11 is 1.88. The van der Waals surface area contributed by atoms with Gasteiger partial charge in [0, 0.05) is 37.1 Å². The molecular weight excluding hydrogens is 623 g/mol. The van der Waals surface area contributed by atoms with E-state index in [2.05, 4.69) is 193 Å². The zero-order chi connectivity index (χ0) is 33.0. The summed E-state index contributed by atoms with van der Waals surface area (Å²) < 4.78 is 2.66. The van der Waals surface area contributed by atoms with Crippen molar-refractivity contribution in [1.29, 1.82) is 0 Å². The zero-order valence-electron chi connectivity index (χ0n) is 27.3. The summed E-state index contributed by atoms with van der Waals surface area (Å²) in [5, 5.41) is 10.3. The van der Waals surface area contributed by atoms with E-state index < -0.39 is 0 Å². The van der Waals surface area contributed by atoms with Crippen molar-refractivity contribution in [3.05, 3.63) is 188 Å². The van der Waals surface area contributed by atoms with E-state index in [4.69, 9.17) is 0 Å². The Hall–Kier alpha value is -6.22. The van der Waals surface area contributed by atoms with Gasteiger partial charge in [0.15, 0.2) is 0 Å². The molecule has 0 saturated carbocycles. The van der Waals surface area contributed by atoms with Crippen molar-refractivity contribution in [3.63, 3.8) is 0 Å². The van der Waals surface area contributed by atoms with Gasteiger partial charge in [0.1, 0.15) is 0 Å². The number of nitrogens with zero attached hydrogens (tertiary/aromatic N) is 1. The van der Waals surface area contributed by atoms with Crippen LogP contribution in [0.4, 0.5) is 17.1 Å². The molecule has 10 rings (SSSR count). The van der Waals surface area contributed by atoms with Gasteiger partial charge in [0.25, 0.3) is 0 Å². The molecule has 0 unspecified atom stereocenters. The Labute approximate surface area is 294 Å². The molecule has 0 aliphatic carbocycles. The molecular formula is C48H31NS. The highest BCUT2D eigenvalue weighted by molar-refractivity contribution is 7.26. The Morgan fingerprint density at radius 2 is 0.940 bits per heavy atom. The van der Waals surface area contributed by atoms with Crippen LogP contribution in [0.3, 0.4) is 0 Å². The van der Waals surface area contributed by atoms with Gasteiger partial charge in [-0.1, -0.05) is 152 Å². The summed E-state index contributed by atoms with van der Waals surface area (Å²) in [5.41, 5.74) is 8.27. The number of thiophene rings is 1. The molecule has 0 radical (unpaired) electrons. The molecule has 0 atom stereocenters. The van der Waals surface area contributed by atoms with Crippen LogP contribution in [0.1, 0.15) is 0 Å². The highest BCUT2D eigenvalue weighted by atomic mass is 32.1. The predicted octanol–water partition coefficient (Wildman–Crippen LogP) is 14.3. The van der Waals surface area contributed by atoms with Crippen molar-refractivity contribution in [2.45, 2.75) is 0 Å². The maximum absolute atomic E-state index is 2.41. The second-order valence-corrected chi connectivity index (χ2v) is 14.0. The highest BCUT2D eigenvalue weighted by Crippen LogP contribution is 2.44. The van der Waals surface area contributed by atoms with E-state index in [1.54, 1.807) is 0 Å². The van der Waals surface area contributed by atoms with Crippen LogP contribution in [0.2, 0.25) is 0 Å². The van der Waals surface area contributed by atoms with Gasteiger partial charge in [-0.2, -0.15) is 0 Å². The molecule has 0 saturated heterocycles. The zero-order valence-corrected chi connectivity index (χ0v) is 28.1. The fraction of sp³-hybridized carbons (Fsp3) is 0. The summed E-state index contributed by atoms with van der Waals surface area (Å²) in [4.78, 5) is 2.41. The predicted molar refractivity (Wildman–Crippen MR) is 217 cm³/mol.